The van der Waals surface area contributed by atoms with Crippen molar-refractivity contribution in [3.05, 3.63) is 94.5 Å². The average molecular weight is 570 g/mol. The lowest BCUT2D eigenvalue weighted by atomic mass is 10.1. The van der Waals surface area contributed by atoms with Crippen molar-refractivity contribution in [3.8, 4) is 0 Å². The fourth-order valence-corrected chi connectivity index (χ4v) is 5.83. The molecule has 9 heteroatoms. The second kappa shape index (κ2) is 13.6. The summed E-state index contributed by atoms with van der Waals surface area (Å²) in [4.78, 5) is 28.5. The maximum atomic E-state index is 14.0. The minimum Gasteiger partial charge on any atom is -0.354 e. The number of unbranched alkanes of at least 4 members (excludes halogenated alkanes) is 1. The fraction of sp³-hybridized carbons (Fsp3) is 0.333. The summed E-state index contributed by atoms with van der Waals surface area (Å²) < 4.78 is 28.8. The lowest BCUT2D eigenvalue weighted by molar-refractivity contribution is -0.139. The third-order valence-corrected chi connectivity index (χ3v) is 8.66. The van der Waals surface area contributed by atoms with Gasteiger partial charge in [-0.3, -0.25) is 13.9 Å². The van der Waals surface area contributed by atoms with Crippen molar-refractivity contribution >= 4 is 39.1 Å². The monoisotopic (exact) mass is 569 g/mol. The highest BCUT2D eigenvalue weighted by Gasteiger charge is 2.33. The average Bonchev–Trinajstić information content (AvgIpc) is 2.92. The van der Waals surface area contributed by atoms with Crippen molar-refractivity contribution in [3.63, 3.8) is 0 Å². The molecule has 3 aromatic carbocycles. The Hall–Kier alpha value is -3.36. The molecule has 0 fully saturated rings. The summed E-state index contributed by atoms with van der Waals surface area (Å²) in [6.07, 6.45) is 1.74. The van der Waals surface area contributed by atoms with Gasteiger partial charge in [0.2, 0.25) is 11.8 Å². The van der Waals surface area contributed by atoms with Gasteiger partial charge in [0, 0.05) is 18.1 Å². The second-order valence-corrected chi connectivity index (χ2v) is 11.8. The van der Waals surface area contributed by atoms with Gasteiger partial charge in [-0.05, 0) is 68.1 Å². The third-order valence-electron chi connectivity index (χ3n) is 6.65. The number of benzene rings is 3. The number of aryl methyl sites for hydroxylation is 2. The number of sulfonamides is 1. The van der Waals surface area contributed by atoms with Crippen LogP contribution in [-0.2, 0) is 26.2 Å². The number of halogens is 1. The van der Waals surface area contributed by atoms with Crippen molar-refractivity contribution < 1.29 is 18.0 Å². The van der Waals surface area contributed by atoms with E-state index in [1.165, 1.54) is 23.1 Å². The zero-order valence-corrected chi connectivity index (χ0v) is 24.4. The summed E-state index contributed by atoms with van der Waals surface area (Å²) in [5.74, 6) is -0.794. The highest BCUT2D eigenvalue weighted by Crippen LogP contribution is 2.30. The molecule has 2 amide bonds. The minimum absolute atomic E-state index is 0.0491. The van der Waals surface area contributed by atoms with Gasteiger partial charge in [0.25, 0.3) is 10.0 Å². The van der Waals surface area contributed by atoms with Gasteiger partial charge in [0.15, 0.2) is 0 Å². The number of nitrogens with one attached hydrogen (secondary N) is 1. The van der Waals surface area contributed by atoms with Crippen LogP contribution in [0.1, 0.15) is 43.4 Å². The first-order valence-corrected chi connectivity index (χ1v) is 14.8. The molecule has 0 aliphatic carbocycles. The number of rotatable bonds is 12. The lowest BCUT2D eigenvalue weighted by Crippen LogP contribution is -2.51. The lowest BCUT2D eigenvalue weighted by Gasteiger charge is -2.32. The molecule has 0 saturated heterocycles. The molecule has 0 aromatic heterocycles. The van der Waals surface area contributed by atoms with Gasteiger partial charge in [0.05, 0.1) is 10.6 Å². The van der Waals surface area contributed by atoms with Crippen LogP contribution in [-0.4, -0.2) is 44.3 Å². The summed E-state index contributed by atoms with van der Waals surface area (Å²) in [5, 5.41) is 3.24. The molecule has 0 aliphatic rings. The quantitative estimate of drug-likeness (QED) is 0.292. The molecule has 0 heterocycles. The van der Waals surface area contributed by atoms with E-state index in [1.807, 2.05) is 38.1 Å². The van der Waals surface area contributed by atoms with Crippen molar-refractivity contribution in [1.82, 2.24) is 10.2 Å². The standard InChI is InChI=1S/C30H36ClN3O4S/c1-5-6-18-32-30(36)24(4)33(20-25-13-11-10-12-22(25)2)29(35)21-34(28-19-26(31)17-16-23(28)3)39(37,38)27-14-8-7-9-15-27/h7-17,19,24H,5-6,18,20-21H2,1-4H3,(H,32,36). The Kier molecular flexibility index (Phi) is 10.5. The van der Waals surface area contributed by atoms with Crippen LogP contribution in [0.3, 0.4) is 0 Å². The molecule has 3 aromatic rings. The number of hydrogen-bond donors (Lipinski definition) is 1. The Bertz CT molecular complexity index is 1400. The Labute approximate surface area is 236 Å². The van der Waals surface area contributed by atoms with Gasteiger partial charge in [-0.2, -0.15) is 0 Å². The molecule has 0 radical (unpaired) electrons. The van der Waals surface area contributed by atoms with Crippen LogP contribution in [0.2, 0.25) is 5.02 Å². The van der Waals surface area contributed by atoms with Crippen molar-refractivity contribution in [2.24, 2.45) is 0 Å². The minimum atomic E-state index is -4.14. The van der Waals surface area contributed by atoms with Gasteiger partial charge in [-0.1, -0.05) is 73.5 Å². The van der Waals surface area contributed by atoms with Crippen LogP contribution in [0.15, 0.2) is 77.7 Å². The molecule has 7 nitrogen and oxygen atoms in total. The molecule has 39 heavy (non-hydrogen) atoms. The molecule has 0 saturated carbocycles. The number of anilines is 1. The van der Waals surface area contributed by atoms with Crippen LogP contribution >= 0.6 is 11.6 Å². The normalized spacial score (nSPS) is 12.0. The van der Waals surface area contributed by atoms with Gasteiger partial charge < -0.3 is 10.2 Å². The van der Waals surface area contributed by atoms with E-state index < -0.39 is 28.5 Å². The SMILES string of the molecule is CCCCNC(=O)C(C)N(Cc1ccccc1C)C(=O)CN(c1cc(Cl)ccc1C)S(=O)(=O)c1ccccc1. The van der Waals surface area contributed by atoms with Crippen LogP contribution in [0.25, 0.3) is 0 Å². The van der Waals surface area contributed by atoms with Crippen molar-refractivity contribution in [2.45, 2.75) is 58.0 Å². The van der Waals surface area contributed by atoms with Gasteiger partial charge in [0.1, 0.15) is 12.6 Å². The topological polar surface area (TPSA) is 86.8 Å². The van der Waals surface area contributed by atoms with Crippen LogP contribution in [0, 0.1) is 13.8 Å². The van der Waals surface area contributed by atoms with E-state index in [9.17, 15) is 18.0 Å². The Balaban J connectivity index is 2.04. The summed E-state index contributed by atoms with van der Waals surface area (Å²) in [6, 6.07) is 19.7. The van der Waals surface area contributed by atoms with Gasteiger partial charge >= 0.3 is 0 Å². The first-order valence-electron chi connectivity index (χ1n) is 13.0. The zero-order chi connectivity index (χ0) is 28.6. The van der Waals surface area contributed by atoms with Crippen molar-refractivity contribution in [1.29, 1.82) is 0 Å². The van der Waals surface area contributed by atoms with Gasteiger partial charge in [-0.25, -0.2) is 8.42 Å². The van der Waals surface area contributed by atoms with E-state index in [0.29, 0.717) is 22.8 Å². The fourth-order valence-electron chi connectivity index (χ4n) is 4.17. The highest BCUT2D eigenvalue weighted by molar-refractivity contribution is 7.92. The molecule has 1 N–H and O–H groups in total. The summed E-state index contributed by atoms with van der Waals surface area (Å²) >= 11 is 6.26. The molecule has 0 spiro atoms. The number of nitrogens with zero attached hydrogens (tertiary/aromatic N) is 2. The van der Waals surface area contributed by atoms with Crippen LogP contribution in [0.5, 0.6) is 0 Å². The summed E-state index contributed by atoms with van der Waals surface area (Å²) in [6.45, 7) is 7.55. The molecule has 208 valence electrons. The number of amides is 2. The van der Waals surface area contributed by atoms with E-state index in [0.717, 1.165) is 28.3 Å². The largest absolute Gasteiger partial charge is 0.354 e. The van der Waals surface area contributed by atoms with Crippen LogP contribution in [0.4, 0.5) is 5.69 Å². The molecular weight excluding hydrogens is 534 g/mol. The second-order valence-electron chi connectivity index (χ2n) is 9.52. The maximum absolute atomic E-state index is 14.0. The van der Waals surface area contributed by atoms with E-state index >= 15 is 0 Å². The van der Waals surface area contributed by atoms with E-state index in [1.54, 1.807) is 44.2 Å². The Morgan fingerprint density at radius 1 is 0.949 bits per heavy atom. The molecule has 3 rings (SSSR count). The van der Waals surface area contributed by atoms with Crippen molar-refractivity contribution in [2.75, 3.05) is 17.4 Å². The molecule has 1 unspecified atom stereocenters. The Morgan fingerprint density at radius 3 is 2.28 bits per heavy atom. The number of carbonyl (C=O) groups excluding carboxylic acids is 2. The predicted molar refractivity (Wildman–Crippen MR) is 156 cm³/mol. The Morgan fingerprint density at radius 2 is 1.62 bits per heavy atom. The van der Waals surface area contributed by atoms with Gasteiger partial charge in [-0.15, -0.1) is 0 Å². The number of hydrogen-bond acceptors (Lipinski definition) is 4. The van der Waals surface area contributed by atoms with E-state index in [2.05, 4.69) is 5.32 Å². The van der Waals surface area contributed by atoms with Crippen LogP contribution < -0.4 is 9.62 Å². The molecular formula is C30H36ClN3O4S. The molecule has 0 bridgehead atoms. The third kappa shape index (κ3) is 7.61. The summed E-state index contributed by atoms with van der Waals surface area (Å²) in [7, 11) is -4.14. The first kappa shape index (κ1) is 30.2. The first-order chi connectivity index (χ1) is 18.6. The molecule has 1 atom stereocenters. The summed E-state index contributed by atoms with van der Waals surface area (Å²) in [5.41, 5.74) is 2.78. The predicted octanol–water partition coefficient (Wildman–Crippen LogP) is 5.49. The highest BCUT2D eigenvalue weighted by atomic mass is 35.5. The zero-order valence-electron chi connectivity index (χ0n) is 22.9. The molecule has 0 aliphatic heterocycles. The van der Waals surface area contributed by atoms with E-state index in [-0.39, 0.29) is 17.3 Å². The maximum Gasteiger partial charge on any atom is 0.264 e. The smallest absolute Gasteiger partial charge is 0.264 e. The van der Waals surface area contributed by atoms with E-state index in [4.69, 9.17) is 11.6 Å². The number of carbonyl (C=O) groups is 2.